The second-order valence-electron chi connectivity index (χ2n) is 14.4. The molecule has 0 saturated heterocycles. The van der Waals surface area contributed by atoms with Gasteiger partial charge in [-0.3, -0.25) is 28.8 Å². The number of carbonyl (C=O) groups excluding carboxylic acids is 6. The van der Waals surface area contributed by atoms with Gasteiger partial charge in [-0.05, 0) is 93.1 Å². The summed E-state index contributed by atoms with van der Waals surface area (Å²) in [4.78, 5) is 78.6. The Hall–Kier alpha value is -6.43. The number of nitrogens with one attached hydrogen (secondary N) is 4. The van der Waals surface area contributed by atoms with Crippen molar-refractivity contribution in [2.75, 3.05) is 35.5 Å². The minimum absolute atomic E-state index is 0.00790. The van der Waals surface area contributed by atoms with Crippen LogP contribution < -0.4 is 30.7 Å². The zero-order valence-electron chi connectivity index (χ0n) is 36.3. The monoisotopic (exact) mass is 1010 g/mol. The number of benzene rings is 5. The van der Waals surface area contributed by atoms with Crippen LogP contribution in [0.2, 0.25) is 10.0 Å². The number of alkyl halides is 3. The Labute approximate surface area is 409 Å². The molecule has 0 bridgehead atoms. The molecule has 3 atom stereocenters. The molecule has 21 heteroatoms. The first-order chi connectivity index (χ1) is 32.0. The number of methoxy groups -OCH3 is 2. The minimum atomic E-state index is -1.65. The van der Waals surface area contributed by atoms with E-state index in [4.69, 9.17) is 67.5 Å². The van der Waals surface area contributed by atoms with Gasteiger partial charge < -0.3 is 30.7 Å². The summed E-state index contributed by atoms with van der Waals surface area (Å²) >= 11 is 31.1. The normalized spacial score (nSPS) is 12.5. The van der Waals surface area contributed by atoms with Crippen LogP contribution in [0.25, 0.3) is 0 Å². The van der Waals surface area contributed by atoms with Crippen LogP contribution >= 0.6 is 58.0 Å². The Kier molecular flexibility index (Phi) is 18.3. The van der Waals surface area contributed by atoms with Crippen molar-refractivity contribution < 1.29 is 38.2 Å². The molecule has 5 aromatic carbocycles. The molecule has 0 aliphatic rings. The summed E-state index contributed by atoms with van der Waals surface area (Å²) in [6.07, 6.45) is 0. The number of nitrogens with zero attached hydrogens (tertiary/aromatic N) is 4. The largest absolute Gasteiger partial charge is 0.496 e. The number of rotatable bonds is 19. The lowest BCUT2D eigenvalue weighted by Gasteiger charge is -2.17. The summed E-state index contributed by atoms with van der Waals surface area (Å²) in [5.74, 6) is -2.67. The topological polar surface area (TPSA) is 218 Å². The third-order valence-electron chi connectivity index (χ3n) is 9.63. The highest BCUT2D eigenvalue weighted by Gasteiger charge is 2.27. The lowest BCUT2D eigenvalue weighted by atomic mass is 10.1. The zero-order chi connectivity index (χ0) is 48.9. The molecule has 0 spiro atoms. The van der Waals surface area contributed by atoms with Crippen LogP contribution in [0.3, 0.4) is 0 Å². The number of anilines is 4. The SMILES string of the molecule is COc1cc(NC(=O)c2ccc(Cl)c(N=NC(C(C)=O)C(=O)Nc3ccc(NC(=O)C(N=Nc4cc(C(=O)Nc5ccc(CCl)c(OC)c5)ccc4Cl)C(C)=O)c(C(C)Cl)c3)c2)ccc1CCl. The molecular formula is C46H41Cl5N8O8. The summed E-state index contributed by atoms with van der Waals surface area (Å²) in [6.45, 7) is 3.90. The molecule has 67 heavy (non-hydrogen) atoms. The highest BCUT2D eigenvalue weighted by molar-refractivity contribution is 6.33. The van der Waals surface area contributed by atoms with Crippen molar-refractivity contribution in [2.45, 2.75) is 50.0 Å². The van der Waals surface area contributed by atoms with Gasteiger partial charge in [-0.2, -0.15) is 20.5 Å². The molecule has 3 unspecified atom stereocenters. The van der Waals surface area contributed by atoms with Gasteiger partial charge in [0.05, 0.1) is 41.4 Å². The molecule has 16 nitrogen and oxygen atoms in total. The smallest absolute Gasteiger partial charge is 0.258 e. The van der Waals surface area contributed by atoms with Gasteiger partial charge in [-0.25, -0.2) is 0 Å². The Morgan fingerprint density at radius 3 is 1.39 bits per heavy atom. The van der Waals surface area contributed by atoms with Crippen molar-refractivity contribution in [3.63, 3.8) is 0 Å². The molecule has 5 aromatic rings. The van der Waals surface area contributed by atoms with E-state index in [0.29, 0.717) is 28.4 Å². The molecule has 0 heterocycles. The number of halogens is 5. The molecule has 0 radical (unpaired) electrons. The van der Waals surface area contributed by atoms with E-state index in [0.717, 1.165) is 25.0 Å². The van der Waals surface area contributed by atoms with E-state index >= 15 is 0 Å². The quantitative estimate of drug-likeness (QED) is 0.0353. The third-order valence-corrected chi connectivity index (χ3v) is 11.1. The zero-order valence-corrected chi connectivity index (χ0v) is 40.0. The number of azo groups is 2. The number of Topliss-reactive ketones (excluding diaryl/α,β-unsaturated/α-hetero) is 2. The van der Waals surface area contributed by atoms with Gasteiger partial charge >= 0.3 is 0 Å². The number of ketones is 2. The van der Waals surface area contributed by atoms with Gasteiger partial charge in [0.2, 0.25) is 12.1 Å². The highest BCUT2D eigenvalue weighted by Crippen LogP contribution is 2.33. The molecule has 4 amide bonds. The Morgan fingerprint density at radius 1 is 0.567 bits per heavy atom. The van der Waals surface area contributed by atoms with E-state index in [1.165, 1.54) is 68.8 Å². The Bertz CT molecular complexity index is 2790. The van der Waals surface area contributed by atoms with Crippen LogP contribution in [0.5, 0.6) is 11.5 Å². The van der Waals surface area contributed by atoms with Gasteiger partial charge in [-0.1, -0.05) is 35.3 Å². The molecule has 0 aliphatic heterocycles. The average Bonchev–Trinajstić information content (AvgIpc) is 3.30. The van der Waals surface area contributed by atoms with Gasteiger partial charge in [-0.15, -0.1) is 34.8 Å². The van der Waals surface area contributed by atoms with E-state index in [2.05, 4.69) is 41.7 Å². The predicted molar refractivity (Wildman–Crippen MR) is 260 cm³/mol. The average molecular weight is 1010 g/mol. The number of ether oxygens (including phenoxy) is 2. The van der Waals surface area contributed by atoms with Crippen molar-refractivity contribution >= 4 is 127 Å². The lowest BCUT2D eigenvalue weighted by molar-refractivity contribution is -0.127. The Balaban J connectivity index is 1.28. The molecule has 0 aliphatic carbocycles. The molecule has 0 fully saturated rings. The van der Waals surface area contributed by atoms with Gasteiger partial charge in [0.1, 0.15) is 22.9 Å². The summed E-state index contributed by atoms with van der Waals surface area (Å²) in [5.41, 5.74) is 3.34. The maximum atomic E-state index is 13.5. The fourth-order valence-electron chi connectivity index (χ4n) is 6.10. The van der Waals surface area contributed by atoms with Crippen LogP contribution in [-0.4, -0.2) is 61.5 Å². The van der Waals surface area contributed by atoms with Crippen molar-refractivity contribution in [3.05, 3.63) is 129 Å². The van der Waals surface area contributed by atoms with Crippen molar-refractivity contribution in [1.82, 2.24) is 0 Å². The standard InChI is InChI=1S/C46H41Cl5N8O8/c1-23(49)33-18-30(54-45(64)41(24(2)60)58-56-37-16-26(8-13-34(37)50)43(62)52-31-10-6-28(21-47)39(19-31)66-4)12-15-36(33)55-46(65)42(25(3)61)59-57-38-17-27(9-14-35(38)51)44(63)53-32-11-7-29(22-48)40(20-32)67-5/h6-20,23,41-42H,21-22H2,1-5H3,(H,52,62)(H,53,63)(H,54,64)(H,55,65). The first-order valence-electron chi connectivity index (χ1n) is 19.9. The number of amides is 4. The fourth-order valence-corrected chi connectivity index (χ4v) is 7.04. The molecule has 348 valence electrons. The molecule has 4 N–H and O–H groups in total. The van der Waals surface area contributed by atoms with E-state index in [9.17, 15) is 28.8 Å². The molecule has 0 aromatic heterocycles. The molecular weight excluding hydrogens is 970 g/mol. The van der Waals surface area contributed by atoms with Crippen LogP contribution in [0.15, 0.2) is 111 Å². The van der Waals surface area contributed by atoms with Crippen molar-refractivity contribution in [3.8, 4) is 11.5 Å². The van der Waals surface area contributed by atoms with Gasteiger partial charge in [0.15, 0.2) is 11.6 Å². The summed E-state index contributed by atoms with van der Waals surface area (Å²) < 4.78 is 10.7. The maximum Gasteiger partial charge on any atom is 0.258 e. The highest BCUT2D eigenvalue weighted by atomic mass is 35.5. The van der Waals surface area contributed by atoms with Crippen molar-refractivity contribution in [2.24, 2.45) is 20.5 Å². The second kappa shape index (κ2) is 23.8. The van der Waals surface area contributed by atoms with E-state index in [1.807, 2.05) is 0 Å². The van der Waals surface area contributed by atoms with E-state index in [-0.39, 0.29) is 55.7 Å². The first-order valence-corrected chi connectivity index (χ1v) is 22.1. The Morgan fingerprint density at radius 2 is 0.985 bits per heavy atom. The third kappa shape index (κ3) is 13.6. The molecule has 5 rings (SSSR count). The maximum absolute atomic E-state index is 13.5. The summed E-state index contributed by atoms with van der Waals surface area (Å²) in [7, 11) is 2.97. The van der Waals surface area contributed by atoms with Gasteiger partial charge in [0.25, 0.3) is 23.6 Å². The first kappa shape index (κ1) is 51.6. The number of carbonyl (C=O) groups is 6. The lowest BCUT2D eigenvalue weighted by Crippen LogP contribution is -2.32. The van der Waals surface area contributed by atoms with E-state index in [1.54, 1.807) is 43.3 Å². The van der Waals surface area contributed by atoms with Gasteiger partial charge in [0, 0.05) is 57.1 Å². The fraction of sp³-hybridized carbons (Fsp3) is 0.217. The molecule has 0 saturated carbocycles. The number of hydrogen-bond acceptors (Lipinski definition) is 12. The number of hydrogen-bond donors (Lipinski definition) is 4. The van der Waals surface area contributed by atoms with Crippen LogP contribution in [0.4, 0.5) is 34.1 Å². The van der Waals surface area contributed by atoms with Crippen LogP contribution in [-0.2, 0) is 30.9 Å². The van der Waals surface area contributed by atoms with Crippen LogP contribution in [0.1, 0.15) is 63.6 Å². The minimum Gasteiger partial charge on any atom is -0.496 e. The second-order valence-corrected chi connectivity index (χ2v) is 16.4. The summed E-state index contributed by atoms with van der Waals surface area (Å²) in [6, 6.07) is 19.5. The van der Waals surface area contributed by atoms with E-state index < -0.39 is 52.7 Å². The van der Waals surface area contributed by atoms with Crippen molar-refractivity contribution in [1.29, 1.82) is 0 Å². The predicted octanol–water partition coefficient (Wildman–Crippen LogP) is 11.7. The van der Waals surface area contributed by atoms with Crippen LogP contribution in [0, 0.1) is 0 Å². The summed E-state index contributed by atoms with van der Waals surface area (Å²) in [5, 5.41) is 26.2.